The lowest BCUT2D eigenvalue weighted by atomic mass is 10.3. The Labute approximate surface area is 167 Å². The van der Waals surface area contributed by atoms with Gasteiger partial charge in [0, 0.05) is 5.69 Å². The van der Waals surface area contributed by atoms with Gasteiger partial charge in [0.2, 0.25) is 5.95 Å². The van der Waals surface area contributed by atoms with Gasteiger partial charge in [-0.3, -0.25) is 0 Å². The molecule has 0 saturated carbocycles. The smallest absolute Gasteiger partial charge is 0.492 e. The molecule has 0 bridgehead atoms. The highest BCUT2D eigenvalue weighted by molar-refractivity contribution is 5.80. The lowest BCUT2D eigenvalue weighted by molar-refractivity contribution is -0.274. The van der Waals surface area contributed by atoms with Crippen molar-refractivity contribution in [1.29, 1.82) is 0 Å². The van der Waals surface area contributed by atoms with Crippen LogP contribution in [0, 0.1) is 5.82 Å². The van der Waals surface area contributed by atoms with Gasteiger partial charge in [0.25, 0.3) is 0 Å². The van der Waals surface area contributed by atoms with E-state index < -0.39 is 12.2 Å². The molecule has 2 N–H and O–H groups in total. The number of nitrogens with two attached hydrogens (primary N) is 1. The molecule has 2 heterocycles. The minimum atomic E-state index is -4.75. The number of hydrogen-bond acceptors (Lipinski definition) is 5. The third-order valence-electron chi connectivity index (χ3n) is 4.15. The average molecular weight is 421 g/mol. The van der Waals surface area contributed by atoms with Crippen molar-refractivity contribution in [3.63, 3.8) is 0 Å². The van der Waals surface area contributed by atoms with E-state index in [0.29, 0.717) is 29.4 Å². The van der Waals surface area contributed by atoms with Crippen molar-refractivity contribution in [1.82, 2.24) is 19.3 Å². The van der Waals surface area contributed by atoms with Crippen LogP contribution in [0.4, 0.5) is 23.2 Å². The molecule has 4 rings (SSSR count). The van der Waals surface area contributed by atoms with Crippen LogP contribution in [-0.2, 0) is 6.54 Å². The van der Waals surface area contributed by atoms with E-state index >= 15 is 0 Å². The van der Waals surface area contributed by atoms with Crippen LogP contribution in [0.25, 0.3) is 17.0 Å². The standard InChI is InChI=1S/C19H15F4N5O2/c20-12-10-25-28(11-12)18-26-16-9-13(24)1-6-17(16)27(18)7-8-29-14-2-4-15(5-3-14)30-19(21,22)23/h1-6,9-11H,7-8,24H2. The monoisotopic (exact) mass is 421 g/mol. The summed E-state index contributed by atoms with van der Waals surface area (Å²) in [6.45, 7) is 0.490. The van der Waals surface area contributed by atoms with Crippen LogP contribution in [0.2, 0.25) is 0 Å². The predicted molar refractivity (Wildman–Crippen MR) is 99.8 cm³/mol. The predicted octanol–water partition coefficient (Wildman–Crippen LogP) is 3.92. The van der Waals surface area contributed by atoms with Crippen molar-refractivity contribution >= 4 is 16.7 Å². The Morgan fingerprint density at radius 3 is 2.43 bits per heavy atom. The van der Waals surface area contributed by atoms with E-state index in [2.05, 4.69) is 14.8 Å². The summed E-state index contributed by atoms with van der Waals surface area (Å²) in [5.41, 5.74) is 7.70. The van der Waals surface area contributed by atoms with E-state index in [1.807, 2.05) is 0 Å². The summed E-state index contributed by atoms with van der Waals surface area (Å²) < 4.78 is 62.7. The van der Waals surface area contributed by atoms with Gasteiger partial charge in [0.15, 0.2) is 5.82 Å². The first-order valence-electron chi connectivity index (χ1n) is 8.73. The second-order valence-electron chi connectivity index (χ2n) is 6.28. The molecule has 11 heteroatoms. The number of aromatic nitrogens is 4. The molecule has 156 valence electrons. The Morgan fingerprint density at radius 2 is 1.77 bits per heavy atom. The quantitative estimate of drug-likeness (QED) is 0.377. The molecule has 0 atom stereocenters. The summed E-state index contributed by atoms with van der Waals surface area (Å²) in [6.07, 6.45) is -2.49. The molecular formula is C19H15F4N5O2. The molecule has 0 unspecified atom stereocenters. The second-order valence-corrected chi connectivity index (χ2v) is 6.28. The van der Waals surface area contributed by atoms with Crippen molar-refractivity contribution < 1.29 is 27.0 Å². The number of hydrogen-bond donors (Lipinski definition) is 1. The molecule has 0 saturated heterocycles. The maximum atomic E-state index is 13.4. The highest BCUT2D eigenvalue weighted by Gasteiger charge is 2.31. The zero-order valence-electron chi connectivity index (χ0n) is 15.3. The van der Waals surface area contributed by atoms with Gasteiger partial charge in [-0.25, -0.2) is 14.1 Å². The van der Waals surface area contributed by atoms with Crippen LogP contribution in [0.1, 0.15) is 0 Å². The van der Waals surface area contributed by atoms with E-state index in [0.717, 1.165) is 23.8 Å². The topological polar surface area (TPSA) is 80.1 Å². The zero-order chi connectivity index (χ0) is 21.3. The molecule has 2 aromatic carbocycles. The molecule has 0 aliphatic carbocycles. The highest BCUT2D eigenvalue weighted by Crippen LogP contribution is 2.25. The summed E-state index contributed by atoms with van der Waals surface area (Å²) in [6, 6.07) is 10.3. The van der Waals surface area contributed by atoms with Crippen LogP contribution in [0.3, 0.4) is 0 Å². The fraction of sp³-hybridized carbons (Fsp3) is 0.158. The Morgan fingerprint density at radius 1 is 1.03 bits per heavy atom. The minimum absolute atomic E-state index is 0.173. The number of rotatable bonds is 6. The average Bonchev–Trinajstić information content (AvgIpc) is 3.25. The summed E-state index contributed by atoms with van der Waals surface area (Å²) in [7, 11) is 0. The maximum absolute atomic E-state index is 13.4. The van der Waals surface area contributed by atoms with Gasteiger partial charge in [-0.15, -0.1) is 13.2 Å². The van der Waals surface area contributed by atoms with E-state index in [1.54, 1.807) is 22.8 Å². The lowest BCUT2D eigenvalue weighted by Gasteiger charge is -2.12. The number of benzene rings is 2. The van der Waals surface area contributed by atoms with Crippen molar-refractivity contribution in [3.8, 4) is 17.4 Å². The van der Waals surface area contributed by atoms with Gasteiger partial charge in [-0.2, -0.15) is 5.10 Å². The van der Waals surface area contributed by atoms with E-state index in [4.69, 9.17) is 10.5 Å². The fourth-order valence-electron chi connectivity index (χ4n) is 2.93. The van der Waals surface area contributed by atoms with Gasteiger partial charge in [0.1, 0.15) is 18.1 Å². The van der Waals surface area contributed by atoms with Gasteiger partial charge >= 0.3 is 6.36 Å². The largest absolute Gasteiger partial charge is 0.573 e. The van der Waals surface area contributed by atoms with Gasteiger partial charge in [0.05, 0.1) is 30.0 Å². The molecular weight excluding hydrogens is 406 g/mol. The normalized spacial score (nSPS) is 11.7. The number of ether oxygens (including phenoxy) is 2. The summed E-state index contributed by atoms with van der Waals surface area (Å²) >= 11 is 0. The Hall–Kier alpha value is -3.76. The van der Waals surface area contributed by atoms with Crippen LogP contribution in [-0.4, -0.2) is 32.3 Å². The molecule has 0 aliphatic rings. The van der Waals surface area contributed by atoms with Crippen LogP contribution < -0.4 is 15.2 Å². The molecule has 0 radical (unpaired) electrons. The first-order valence-corrected chi connectivity index (χ1v) is 8.73. The van der Waals surface area contributed by atoms with Crippen LogP contribution >= 0.6 is 0 Å². The van der Waals surface area contributed by atoms with Crippen molar-refractivity contribution in [2.75, 3.05) is 12.3 Å². The van der Waals surface area contributed by atoms with Crippen LogP contribution in [0.15, 0.2) is 54.9 Å². The maximum Gasteiger partial charge on any atom is 0.573 e. The summed E-state index contributed by atoms with van der Waals surface area (Å²) in [5, 5.41) is 3.95. The van der Waals surface area contributed by atoms with E-state index in [1.165, 1.54) is 23.0 Å². The highest BCUT2D eigenvalue weighted by atomic mass is 19.4. The Kier molecular flexibility index (Phi) is 4.94. The van der Waals surface area contributed by atoms with Crippen molar-refractivity contribution in [3.05, 3.63) is 60.7 Å². The lowest BCUT2D eigenvalue weighted by Crippen LogP contribution is -2.17. The molecule has 0 fully saturated rings. The van der Waals surface area contributed by atoms with Gasteiger partial charge in [-0.1, -0.05) is 0 Å². The van der Waals surface area contributed by atoms with Gasteiger partial charge < -0.3 is 19.8 Å². The summed E-state index contributed by atoms with van der Waals surface area (Å²) in [5.74, 6) is -0.108. The second kappa shape index (κ2) is 7.58. The number of alkyl halides is 3. The van der Waals surface area contributed by atoms with Gasteiger partial charge in [-0.05, 0) is 42.5 Å². The number of halogens is 4. The number of nitrogen functional groups attached to an aromatic ring is 1. The van der Waals surface area contributed by atoms with Crippen LogP contribution in [0.5, 0.6) is 11.5 Å². The first kappa shape index (κ1) is 19.6. The molecule has 0 spiro atoms. The van der Waals surface area contributed by atoms with E-state index in [-0.39, 0.29) is 12.4 Å². The third kappa shape index (κ3) is 4.29. The minimum Gasteiger partial charge on any atom is -0.492 e. The Balaban J connectivity index is 1.52. The molecule has 0 amide bonds. The van der Waals surface area contributed by atoms with E-state index in [9.17, 15) is 17.6 Å². The molecule has 4 aromatic rings. The summed E-state index contributed by atoms with van der Waals surface area (Å²) in [4.78, 5) is 4.47. The zero-order valence-corrected chi connectivity index (χ0v) is 15.3. The molecule has 7 nitrogen and oxygen atoms in total. The SMILES string of the molecule is Nc1ccc2c(c1)nc(-n1cc(F)cn1)n2CCOc1ccc(OC(F)(F)F)cc1. The number of nitrogens with zero attached hydrogens (tertiary/aromatic N) is 4. The van der Waals surface area contributed by atoms with Crippen molar-refractivity contribution in [2.24, 2.45) is 0 Å². The molecule has 0 aliphatic heterocycles. The first-order chi connectivity index (χ1) is 14.3. The number of anilines is 1. The fourth-order valence-corrected chi connectivity index (χ4v) is 2.93. The third-order valence-corrected chi connectivity index (χ3v) is 4.15. The number of fused-ring (bicyclic) bond motifs is 1. The van der Waals surface area contributed by atoms with Crippen molar-refractivity contribution in [2.45, 2.75) is 12.9 Å². The molecule has 2 aromatic heterocycles. The Bertz CT molecular complexity index is 1170. The molecule has 30 heavy (non-hydrogen) atoms. The number of imidazole rings is 1.